The minimum absolute atomic E-state index is 0.0840. The lowest BCUT2D eigenvalue weighted by Crippen LogP contribution is -2.45. The molecule has 0 aromatic heterocycles. The Bertz CT molecular complexity index is 278. The van der Waals surface area contributed by atoms with Crippen LogP contribution in [0.5, 0.6) is 0 Å². The molecule has 0 saturated carbocycles. The van der Waals surface area contributed by atoms with Crippen molar-refractivity contribution in [3.63, 3.8) is 0 Å². The van der Waals surface area contributed by atoms with E-state index >= 15 is 0 Å². The van der Waals surface area contributed by atoms with Crippen LogP contribution in [0.2, 0.25) is 0 Å². The zero-order valence-corrected chi connectivity index (χ0v) is 9.32. The molecule has 0 aromatic rings. The second-order valence-corrected chi connectivity index (χ2v) is 4.03. The first-order valence-electron chi connectivity index (χ1n) is 5.49. The summed E-state index contributed by atoms with van der Waals surface area (Å²) in [6, 6.07) is -0.130. The summed E-state index contributed by atoms with van der Waals surface area (Å²) in [4.78, 5) is 23.9. The average molecular weight is 226 g/mol. The monoisotopic (exact) mass is 226 g/mol. The third kappa shape index (κ3) is 3.92. The maximum Gasteiger partial charge on any atom is 0.317 e. The number of carboxylic acid groups (broad SMARTS) is 1. The number of aliphatic carboxylic acids is 1. The van der Waals surface area contributed by atoms with E-state index in [1.54, 1.807) is 11.0 Å². The first-order chi connectivity index (χ1) is 7.63. The Morgan fingerprint density at radius 1 is 1.56 bits per heavy atom. The molecule has 90 valence electrons. The predicted molar refractivity (Wildman–Crippen MR) is 60.1 cm³/mol. The molecule has 1 saturated heterocycles. The van der Waals surface area contributed by atoms with Crippen molar-refractivity contribution in [3.8, 4) is 0 Å². The van der Waals surface area contributed by atoms with Gasteiger partial charge in [0.15, 0.2) is 0 Å². The van der Waals surface area contributed by atoms with Crippen molar-refractivity contribution >= 4 is 12.0 Å². The van der Waals surface area contributed by atoms with E-state index in [9.17, 15) is 9.59 Å². The second kappa shape index (κ2) is 6.15. The molecule has 2 N–H and O–H groups in total. The van der Waals surface area contributed by atoms with Gasteiger partial charge in [-0.15, -0.1) is 6.58 Å². The molecule has 0 radical (unpaired) electrons. The highest BCUT2D eigenvalue weighted by Gasteiger charge is 2.24. The van der Waals surface area contributed by atoms with Gasteiger partial charge in [-0.2, -0.15) is 0 Å². The number of carbonyl (C=O) groups is 2. The van der Waals surface area contributed by atoms with Crippen LogP contribution < -0.4 is 5.32 Å². The van der Waals surface area contributed by atoms with Crippen molar-refractivity contribution < 1.29 is 14.7 Å². The molecule has 0 spiro atoms. The van der Waals surface area contributed by atoms with Gasteiger partial charge in [0.25, 0.3) is 0 Å². The smallest absolute Gasteiger partial charge is 0.317 e. The summed E-state index contributed by atoms with van der Waals surface area (Å²) in [7, 11) is 0. The van der Waals surface area contributed by atoms with Crippen molar-refractivity contribution in [3.05, 3.63) is 12.7 Å². The fourth-order valence-electron chi connectivity index (χ4n) is 1.93. The summed E-state index contributed by atoms with van der Waals surface area (Å²) in [5, 5.41) is 11.4. The molecule has 2 amide bonds. The molecule has 0 aromatic carbocycles. The highest BCUT2D eigenvalue weighted by molar-refractivity contribution is 5.74. The Morgan fingerprint density at radius 3 is 2.94 bits per heavy atom. The first-order valence-corrected chi connectivity index (χ1v) is 5.49. The highest BCUT2D eigenvalue weighted by Crippen LogP contribution is 2.19. The molecule has 1 heterocycles. The van der Waals surface area contributed by atoms with Crippen LogP contribution in [0.4, 0.5) is 4.79 Å². The number of nitrogens with one attached hydrogen (secondary N) is 1. The maximum atomic E-state index is 11.6. The van der Waals surface area contributed by atoms with E-state index in [1.165, 1.54) is 0 Å². The van der Waals surface area contributed by atoms with E-state index in [-0.39, 0.29) is 18.4 Å². The van der Waals surface area contributed by atoms with Crippen LogP contribution in [0.1, 0.15) is 19.3 Å². The van der Waals surface area contributed by atoms with Crippen molar-refractivity contribution in [2.45, 2.75) is 19.3 Å². The van der Waals surface area contributed by atoms with Gasteiger partial charge in [0, 0.05) is 26.1 Å². The summed E-state index contributed by atoms with van der Waals surface area (Å²) in [5.41, 5.74) is 0. The highest BCUT2D eigenvalue weighted by atomic mass is 16.4. The molecule has 0 bridgehead atoms. The molecular formula is C11H18N2O3. The van der Waals surface area contributed by atoms with Gasteiger partial charge in [0.05, 0.1) is 0 Å². The third-order valence-corrected chi connectivity index (χ3v) is 2.67. The minimum Gasteiger partial charge on any atom is -0.481 e. The largest absolute Gasteiger partial charge is 0.481 e. The lowest BCUT2D eigenvalue weighted by Gasteiger charge is -2.32. The van der Waals surface area contributed by atoms with Gasteiger partial charge in [0.2, 0.25) is 0 Å². The first kappa shape index (κ1) is 12.5. The summed E-state index contributed by atoms with van der Waals surface area (Å²) in [5.74, 6) is -0.709. The van der Waals surface area contributed by atoms with Crippen LogP contribution in [-0.4, -0.2) is 41.6 Å². The van der Waals surface area contributed by atoms with Crippen molar-refractivity contribution in [1.29, 1.82) is 0 Å². The van der Waals surface area contributed by atoms with Crippen LogP contribution >= 0.6 is 0 Å². The summed E-state index contributed by atoms with van der Waals surface area (Å²) in [6.45, 7) is 5.21. The topological polar surface area (TPSA) is 69.6 Å². The Kier molecular flexibility index (Phi) is 4.82. The number of carboxylic acids is 1. The second-order valence-electron chi connectivity index (χ2n) is 4.03. The molecule has 16 heavy (non-hydrogen) atoms. The minimum atomic E-state index is -0.793. The van der Waals surface area contributed by atoms with Gasteiger partial charge < -0.3 is 15.3 Å². The standard InChI is InChI=1S/C11H18N2O3/c1-2-5-12-11(16)13-6-3-4-9(8-13)7-10(14)15/h2,9H,1,3-8H2,(H,12,16)(H,14,15). The summed E-state index contributed by atoms with van der Waals surface area (Å²) in [6.07, 6.45) is 3.53. The average Bonchev–Trinajstić information content (AvgIpc) is 2.25. The molecule has 5 nitrogen and oxygen atoms in total. The molecule has 1 atom stereocenters. The number of rotatable bonds is 4. The fourth-order valence-corrected chi connectivity index (χ4v) is 1.93. The van der Waals surface area contributed by atoms with Crippen LogP contribution in [0.15, 0.2) is 12.7 Å². The Hall–Kier alpha value is -1.52. The van der Waals surface area contributed by atoms with Gasteiger partial charge in [-0.05, 0) is 18.8 Å². The molecule has 0 aliphatic carbocycles. The SMILES string of the molecule is C=CCNC(=O)N1CCCC(CC(=O)O)C1. The number of amides is 2. The Labute approximate surface area is 95.1 Å². The van der Waals surface area contributed by atoms with E-state index < -0.39 is 5.97 Å². The van der Waals surface area contributed by atoms with Crippen LogP contribution in [0, 0.1) is 5.92 Å². The molecule has 1 aliphatic rings. The third-order valence-electron chi connectivity index (χ3n) is 2.67. The van der Waals surface area contributed by atoms with Crippen molar-refractivity contribution in [2.75, 3.05) is 19.6 Å². The van der Waals surface area contributed by atoms with Gasteiger partial charge in [-0.1, -0.05) is 6.08 Å². The predicted octanol–water partition coefficient (Wildman–Crippen LogP) is 1.07. The quantitative estimate of drug-likeness (QED) is 0.704. The van der Waals surface area contributed by atoms with Gasteiger partial charge in [-0.3, -0.25) is 4.79 Å². The lowest BCUT2D eigenvalue weighted by molar-refractivity contribution is -0.138. The molecule has 1 aliphatic heterocycles. The molecule has 1 unspecified atom stereocenters. The Morgan fingerprint density at radius 2 is 2.31 bits per heavy atom. The maximum absolute atomic E-state index is 11.6. The Balaban J connectivity index is 2.40. The number of hydrogen-bond donors (Lipinski definition) is 2. The van der Waals surface area contributed by atoms with E-state index in [2.05, 4.69) is 11.9 Å². The van der Waals surface area contributed by atoms with Crippen LogP contribution in [-0.2, 0) is 4.79 Å². The van der Waals surface area contributed by atoms with Crippen LogP contribution in [0.3, 0.4) is 0 Å². The number of nitrogens with zero attached hydrogens (tertiary/aromatic N) is 1. The van der Waals surface area contributed by atoms with Crippen LogP contribution in [0.25, 0.3) is 0 Å². The molecule has 1 rings (SSSR count). The van der Waals surface area contributed by atoms with Gasteiger partial charge in [-0.25, -0.2) is 4.79 Å². The van der Waals surface area contributed by atoms with Gasteiger partial charge >= 0.3 is 12.0 Å². The number of hydrogen-bond acceptors (Lipinski definition) is 2. The fraction of sp³-hybridized carbons (Fsp3) is 0.636. The number of urea groups is 1. The van der Waals surface area contributed by atoms with E-state index in [4.69, 9.17) is 5.11 Å². The lowest BCUT2D eigenvalue weighted by atomic mass is 9.95. The van der Waals surface area contributed by atoms with Crippen molar-refractivity contribution in [1.82, 2.24) is 10.2 Å². The molecule has 1 fully saturated rings. The number of carbonyl (C=O) groups excluding carboxylic acids is 1. The molecular weight excluding hydrogens is 208 g/mol. The van der Waals surface area contributed by atoms with E-state index in [0.717, 1.165) is 12.8 Å². The zero-order chi connectivity index (χ0) is 12.0. The zero-order valence-electron chi connectivity index (χ0n) is 9.32. The van der Waals surface area contributed by atoms with Gasteiger partial charge in [0.1, 0.15) is 0 Å². The number of piperidine rings is 1. The van der Waals surface area contributed by atoms with Crippen molar-refractivity contribution in [2.24, 2.45) is 5.92 Å². The normalized spacial score (nSPS) is 20.2. The summed E-state index contributed by atoms with van der Waals surface area (Å²) >= 11 is 0. The van der Waals surface area contributed by atoms with E-state index in [0.29, 0.717) is 19.6 Å². The summed E-state index contributed by atoms with van der Waals surface area (Å²) < 4.78 is 0. The number of likely N-dealkylation sites (tertiary alicyclic amines) is 1. The van der Waals surface area contributed by atoms with E-state index in [1.807, 2.05) is 0 Å². The molecule has 5 heteroatoms.